The molecular formula is C30H39N5O. The Kier molecular flexibility index (Phi) is 9.77. The van der Waals surface area contributed by atoms with Crippen LogP contribution in [0.3, 0.4) is 0 Å². The third kappa shape index (κ3) is 7.49. The highest BCUT2D eigenvalue weighted by atomic mass is 16.3. The summed E-state index contributed by atoms with van der Waals surface area (Å²) in [6, 6.07) is 8.21. The van der Waals surface area contributed by atoms with Gasteiger partial charge in [0, 0.05) is 63.0 Å². The van der Waals surface area contributed by atoms with Gasteiger partial charge in [0.25, 0.3) is 0 Å². The quantitative estimate of drug-likeness (QED) is 0.326. The maximum Gasteiger partial charge on any atom is 0.161 e. The van der Waals surface area contributed by atoms with E-state index in [-0.39, 0.29) is 6.10 Å². The number of hydrogen-bond donors (Lipinski definition) is 2. The Bertz CT molecular complexity index is 1150. The summed E-state index contributed by atoms with van der Waals surface area (Å²) >= 11 is 0. The number of aliphatic imine (C=N–C) groups is 1. The number of benzene rings is 1. The molecule has 0 saturated heterocycles. The number of aliphatic hydroxyl groups excluding tert-OH is 1. The highest BCUT2D eigenvalue weighted by molar-refractivity contribution is 6.12. The Morgan fingerprint density at radius 3 is 2.61 bits per heavy atom. The summed E-state index contributed by atoms with van der Waals surface area (Å²) in [4.78, 5) is 16.0. The second kappa shape index (κ2) is 13.0. The van der Waals surface area contributed by atoms with Crippen LogP contribution in [0.25, 0.3) is 22.5 Å². The zero-order valence-electron chi connectivity index (χ0n) is 22.0. The van der Waals surface area contributed by atoms with Crippen LogP contribution >= 0.6 is 0 Å². The summed E-state index contributed by atoms with van der Waals surface area (Å²) in [5.41, 5.74) is 5.75. The van der Waals surface area contributed by atoms with E-state index in [1.165, 1.54) is 0 Å². The smallest absolute Gasteiger partial charge is 0.161 e. The fourth-order valence-corrected chi connectivity index (χ4v) is 4.41. The average Bonchev–Trinajstić information content (AvgIpc) is 2.86. The van der Waals surface area contributed by atoms with Crippen molar-refractivity contribution < 1.29 is 5.11 Å². The monoisotopic (exact) mass is 485 g/mol. The van der Waals surface area contributed by atoms with Crippen LogP contribution in [0, 0.1) is 5.92 Å². The largest absolute Gasteiger partial charge is 0.393 e. The van der Waals surface area contributed by atoms with Gasteiger partial charge in [-0.3, -0.25) is 4.99 Å². The molecule has 0 bridgehead atoms. The number of nitrogens with zero attached hydrogens (tertiary/aromatic N) is 4. The fraction of sp³-hybridized carbons (Fsp3) is 0.367. The minimum atomic E-state index is -0.164. The number of nitrogens with one attached hydrogen (secondary N) is 1. The Morgan fingerprint density at radius 2 is 1.97 bits per heavy atom. The van der Waals surface area contributed by atoms with Gasteiger partial charge < -0.3 is 15.3 Å². The molecule has 1 aromatic carbocycles. The number of allylic oxidation sites excluding steroid dienone is 5. The van der Waals surface area contributed by atoms with Gasteiger partial charge in [0.2, 0.25) is 0 Å². The number of rotatable bonds is 10. The first-order chi connectivity index (χ1) is 17.3. The second-order valence-electron chi connectivity index (χ2n) is 9.68. The van der Waals surface area contributed by atoms with Crippen molar-refractivity contribution in [1.82, 2.24) is 14.9 Å². The van der Waals surface area contributed by atoms with E-state index in [1.807, 2.05) is 68.8 Å². The molecule has 3 rings (SSSR count). The van der Waals surface area contributed by atoms with Crippen LogP contribution in [0.5, 0.6) is 0 Å². The molecule has 0 unspecified atom stereocenters. The molecule has 6 nitrogen and oxygen atoms in total. The summed E-state index contributed by atoms with van der Waals surface area (Å²) in [6.45, 7) is 10.8. The van der Waals surface area contributed by atoms with E-state index in [0.717, 1.165) is 71.5 Å². The topological polar surface area (TPSA) is 73.6 Å². The van der Waals surface area contributed by atoms with Gasteiger partial charge in [-0.25, -0.2) is 9.97 Å². The number of hydrogen-bond acceptors (Lipinski definition) is 6. The van der Waals surface area contributed by atoms with Crippen molar-refractivity contribution in [3.63, 3.8) is 0 Å². The van der Waals surface area contributed by atoms with Crippen LogP contribution in [-0.4, -0.2) is 60.0 Å². The zero-order valence-corrected chi connectivity index (χ0v) is 22.0. The molecule has 0 spiro atoms. The molecule has 0 atom stereocenters. The number of aliphatic hydroxyl groups is 1. The van der Waals surface area contributed by atoms with Gasteiger partial charge >= 0.3 is 0 Å². The lowest BCUT2D eigenvalue weighted by molar-refractivity contribution is 0.111. The molecule has 1 saturated carbocycles. The lowest BCUT2D eigenvalue weighted by Gasteiger charge is -2.26. The van der Waals surface area contributed by atoms with Crippen LogP contribution in [0.1, 0.15) is 43.7 Å². The minimum Gasteiger partial charge on any atom is -0.393 e. The second-order valence-corrected chi connectivity index (χ2v) is 9.68. The van der Waals surface area contributed by atoms with Crippen LogP contribution in [-0.2, 0) is 0 Å². The van der Waals surface area contributed by atoms with E-state index in [0.29, 0.717) is 11.7 Å². The average molecular weight is 486 g/mol. The van der Waals surface area contributed by atoms with Crippen molar-refractivity contribution >= 4 is 23.2 Å². The molecule has 1 aliphatic rings. The molecule has 1 heterocycles. The Labute approximate surface area is 215 Å². The van der Waals surface area contributed by atoms with Gasteiger partial charge in [-0.2, -0.15) is 0 Å². The molecule has 1 fully saturated rings. The molecular weight excluding hydrogens is 446 g/mol. The SMILES string of the molecule is C=C/C(=C\N(C)C)c1cccc(-c2ncc(C(/C=N\C)=C/C(=C)C)c(NC[C@H]3CC[C@@H](O)CC3)n2)c1. The molecule has 0 amide bonds. The minimum absolute atomic E-state index is 0.164. The van der Waals surface area contributed by atoms with Gasteiger partial charge in [0.15, 0.2) is 5.82 Å². The van der Waals surface area contributed by atoms with E-state index in [9.17, 15) is 5.11 Å². The normalized spacial score (nSPS) is 18.8. The van der Waals surface area contributed by atoms with Crippen LogP contribution in [0.2, 0.25) is 0 Å². The maximum atomic E-state index is 9.88. The predicted molar refractivity (Wildman–Crippen MR) is 153 cm³/mol. The molecule has 190 valence electrons. The Balaban J connectivity index is 2.01. The van der Waals surface area contributed by atoms with Gasteiger partial charge in [-0.15, -0.1) is 0 Å². The summed E-state index contributed by atoms with van der Waals surface area (Å²) < 4.78 is 0. The van der Waals surface area contributed by atoms with E-state index in [4.69, 9.17) is 9.97 Å². The first kappa shape index (κ1) is 27.1. The van der Waals surface area contributed by atoms with Crippen LogP contribution in [0.4, 0.5) is 5.82 Å². The Morgan fingerprint density at radius 1 is 1.22 bits per heavy atom. The molecule has 0 aliphatic heterocycles. The molecule has 2 N–H and O–H groups in total. The fourth-order valence-electron chi connectivity index (χ4n) is 4.41. The standard InChI is InChI=1S/C30H39N5O/c1-7-23(20-35(5)6)24-9-8-10-25(16-24)29-33-19-28(26(18-31-4)15-21(2)3)30(34-29)32-17-22-11-13-27(36)14-12-22/h7-10,15-16,18-20,22,27,36H,1-2,11-14,17H2,3-6H3,(H,32,33,34)/b23-20+,26-15+,31-18-/t22-,27+. The van der Waals surface area contributed by atoms with Crippen LogP contribution < -0.4 is 5.32 Å². The zero-order chi connectivity index (χ0) is 26.1. The first-order valence-electron chi connectivity index (χ1n) is 12.5. The number of anilines is 1. The molecule has 6 heteroatoms. The first-order valence-corrected chi connectivity index (χ1v) is 12.5. The van der Waals surface area contributed by atoms with Crippen molar-refractivity contribution in [3.8, 4) is 11.4 Å². The van der Waals surface area contributed by atoms with Gasteiger partial charge in [0.1, 0.15) is 5.82 Å². The van der Waals surface area contributed by atoms with Crippen molar-refractivity contribution in [2.75, 3.05) is 33.0 Å². The van der Waals surface area contributed by atoms with Crippen molar-refractivity contribution in [2.24, 2.45) is 10.9 Å². The third-order valence-corrected chi connectivity index (χ3v) is 6.22. The number of aromatic nitrogens is 2. The predicted octanol–water partition coefficient (Wildman–Crippen LogP) is 5.86. The summed E-state index contributed by atoms with van der Waals surface area (Å²) in [6.07, 6.45) is 13.2. The summed E-state index contributed by atoms with van der Waals surface area (Å²) in [7, 11) is 5.75. The molecule has 0 radical (unpaired) electrons. The van der Waals surface area contributed by atoms with Crippen molar-refractivity contribution in [2.45, 2.75) is 38.7 Å². The van der Waals surface area contributed by atoms with Gasteiger partial charge in [-0.05, 0) is 55.7 Å². The highest BCUT2D eigenvalue weighted by Crippen LogP contribution is 2.29. The van der Waals surface area contributed by atoms with Gasteiger partial charge in [-0.1, -0.05) is 49.1 Å². The Hall–Kier alpha value is -3.51. The van der Waals surface area contributed by atoms with Gasteiger partial charge in [0.05, 0.1) is 6.10 Å². The van der Waals surface area contributed by atoms with Crippen LogP contribution in [0.15, 0.2) is 72.5 Å². The summed E-state index contributed by atoms with van der Waals surface area (Å²) in [5, 5.41) is 13.5. The van der Waals surface area contributed by atoms with E-state index in [2.05, 4.69) is 35.6 Å². The molecule has 2 aromatic rings. The van der Waals surface area contributed by atoms with Crippen molar-refractivity contribution in [1.29, 1.82) is 0 Å². The van der Waals surface area contributed by atoms with E-state index in [1.54, 1.807) is 7.05 Å². The summed E-state index contributed by atoms with van der Waals surface area (Å²) in [5.74, 6) is 1.93. The molecule has 36 heavy (non-hydrogen) atoms. The highest BCUT2D eigenvalue weighted by Gasteiger charge is 2.20. The third-order valence-electron chi connectivity index (χ3n) is 6.22. The maximum absolute atomic E-state index is 9.88. The lowest BCUT2D eigenvalue weighted by Crippen LogP contribution is -2.24. The van der Waals surface area contributed by atoms with E-state index >= 15 is 0 Å². The molecule has 1 aromatic heterocycles. The van der Waals surface area contributed by atoms with E-state index < -0.39 is 0 Å². The lowest BCUT2D eigenvalue weighted by atomic mass is 9.87. The van der Waals surface area contributed by atoms with Crippen molar-refractivity contribution in [3.05, 3.63) is 78.7 Å². The molecule has 1 aliphatic carbocycles.